The summed E-state index contributed by atoms with van der Waals surface area (Å²) in [5.74, 6) is 0. The molecule has 0 aromatic rings. The molecular formula is C15H19N3O2. The smallest absolute Gasteiger partial charge is 0.407 e. The molecule has 0 unspecified atom stereocenters. The molecule has 1 heterocycles. The average Bonchev–Trinajstić information content (AvgIpc) is 2.86. The van der Waals surface area contributed by atoms with Crippen LogP contribution in [0.25, 0.3) is 0 Å². The molecule has 0 fully saturated rings. The summed E-state index contributed by atoms with van der Waals surface area (Å²) in [6, 6.07) is -0.168. The molecule has 0 saturated heterocycles. The molecule has 5 heteroatoms. The van der Waals surface area contributed by atoms with Crippen LogP contribution in [-0.2, 0) is 4.74 Å². The highest BCUT2D eigenvalue weighted by Crippen LogP contribution is 2.27. The zero-order valence-corrected chi connectivity index (χ0v) is 11.3. The predicted molar refractivity (Wildman–Crippen MR) is 79.5 cm³/mol. The van der Waals surface area contributed by atoms with Gasteiger partial charge in [-0.2, -0.15) is 0 Å². The molecule has 0 aromatic carbocycles. The Balaban J connectivity index is 1.77. The summed E-state index contributed by atoms with van der Waals surface area (Å²) in [6.07, 6.45) is 10.6. The van der Waals surface area contributed by atoms with Gasteiger partial charge in [0.25, 0.3) is 0 Å². The number of rotatable bonds is 6. The minimum Gasteiger partial charge on any atom is -0.445 e. The fourth-order valence-electron chi connectivity index (χ4n) is 2.11. The van der Waals surface area contributed by atoms with Crippen LogP contribution >= 0.6 is 0 Å². The molecule has 1 aliphatic heterocycles. The Labute approximate surface area is 118 Å². The van der Waals surface area contributed by atoms with E-state index >= 15 is 0 Å². The maximum Gasteiger partial charge on any atom is 0.407 e. The molecule has 1 aliphatic carbocycles. The lowest BCUT2D eigenvalue weighted by atomic mass is 9.94. The van der Waals surface area contributed by atoms with Crippen LogP contribution in [0.1, 0.15) is 12.8 Å². The standard InChI is InChI=1S/C15H19N3O2/c1-2-7-20-15(19)18-10-12(16)8-11-9-17-14-6-4-3-5-13(11)14/h2-5,9,12H,1,6-8,10,16H2,(H,18,19)/t12-/m0/s1. The quantitative estimate of drug-likeness (QED) is 0.725. The van der Waals surface area contributed by atoms with Crippen molar-refractivity contribution in [3.8, 4) is 0 Å². The van der Waals surface area contributed by atoms with E-state index in [4.69, 9.17) is 10.5 Å². The summed E-state index contributed by atoms with van der Waals surface area (Å²) in [5.41, 5.74) is 9.40. The van der Waals surface area contributed by atoms with Gasteiger partial charge in [-0.05, 0) is 12.0 Å². The first-order valence-electron chi connectivity index (χ1n) is 6.61. The van der Waals surface area contributed by atoms with Gasteiger partial charge in [0, 0.05) is 30.8 Å². The van der Waals surface area contributed by atoms with Crippen molar-refractivity contribution in [3.05, 3.63) is 48.2 Å². The average molecular weight is 273 g/mol. The number of hydrogen-bond acceptors (Lipinski definition) is 4. The first-order chi connectivity index (χ1) is 9.70. The van der Waals surface area contributed by atoms with Gasteiger partial charge < -0.3 is 15.8 Å². The van der Waals surface area contributed by atoms with Crippen molar-refractivity contribution in [3.63, 3.8) is 0 Å². The minimum absolute atomic E-state index is 0.168. The number of allylic oxidation sites excluding steroid dienone is 4. The van der Waals surface area contributed by atoms with E-state index in [1.807, 2.05) is 12.3 Å². The number of nitrogens with zero attached hydrogens (tertiary/aromatic N) is 1. The number of nitrogens with two attached hydrogens (primary N) is 1. The topological polar surface area (TPSA) is 76.7 Å². The number of fused-ring (bicyclic) bond motifs is 1. The largest absolute Gasteiger partial charge is 0.445 e. The van der Waals surface area contributed by atoms with Gasteiger partial charge in [0.1, 0.15) is 6.61 Å². The lowest BCUT2D eigenvalue weighted by molar-refractivity contribution is 0.157. The first-order valence-corrected chi connectivity index (χ1v) is 6.61. The maximum atomic E-state index is 11.3. The molecule has 0 radical (unpaired) electrons. The summed E-state index contributed by atoms with van der Waals surface area (Å²) in [5, 5.41) is 2.63. The van der Waals surface area contributed by atoms with Crippen LogP contribution in [0.15, 0.2) is 53.2 Å². The molecule has 0 spiro atoms. The molecule has 5 nitrogen and oxygen atoms in total. The van der Waals surface area contributed by atoms with Gasteiger partial charge >= 0.3 is 6.09 Å². The lowest BCUT2D eigenvalue weighted by Crippen LogP contribution is -2.37. The van der Waals surface area contributed by atoms with Gasteiger partial charge in [0.05, 0.1) is 5.71 Å². The Morgan fingerprint density at radius 1 is 1.65 bits per heavy atom. The van der Waals surface area contributed by atoms with E-state index in [1.165, 1.54) is 6.08 Å². The van der Waals surface area contributed by atoms with Crippen molar-refractivity contribution >= 4 is 11.8 Å². The van der Waals surface area contributed by atoms with E-state index in [-0.39, 0.29) is 12.6 Å². The summed E-state index contributed by atoms with van der Waals surface area (Å²) >= 11 is 0. The third-order valence-corrected chi connectivity index (χ3v) is 3.07. The monoisotopic (exact) mass is 273 g/mol. The predicted octanol–water partition coefficient (Wildman–Crippen LogP) is 1.84. The van der Waals surface area contributed by atoms with Gasteiger partial charge in [-0.25, -0.2) is 4.79 Å². The number of aliphatic imine (C=N–C) groups is 1. The molecule has 3 N–H and O–H groups in total. The Morgan fingerprint density at radius 2 is 2.50 bits per heavy atom. The molecule has 0 saturated carbocycles. The van der Waals surface area contributed by atoms with Crippen molar-refractivity contribution in [1.29, 1.82) is 0 Å². The number of hydrogen-bond donors (Lipinski definition) is 2. The van der Waals surface area contributed by atoms with E-state index in [0.29, 0.717) is 13.0 Å². The van der Waals surface area contributed by atoms with Crippen molar-refractivity contribution < 1.29 is 9.53 Å². The summed E-state index contributed by atoms with van der Waals surface area (Å²) in [4.78, 5) is 15.7. The van der Waals surface area contributed by atoms with Crippen molar-refractivity contribution in [2.24, 2.45) is 10.7 Å². The van der Waals surface area contributed by atoms with E-state index < -0.39 is 6.09 Å². The molecular weight excluding hydrogens is 254 g/mol. The van der Waals surface area contributed by atoms with Gasteiger partial charge in [-0.3, -0.25) is 4.99 Å². The fourth-order valence-corrected chi connectivity index (χ4v) is 2.11. The van der Waals surface area contributed by atoms with Gasteiger partial charge in [0.15, 0.2) is 0 Å². The van der Waals surface area contributed by atoms with Crippen LogP contribution in [0.3, 0.4) is 0 Å². The Bertz CT molecular complexity index is 515. The van der Waals surface area contributed by atoms with Crippen LogP contribution < -0.4 is 11.1 Å². The molecule has 106 valence electrons. The van der Waals surface area contributed by atoms with Gasteiger partial charge in [-0.15, -0.1) is 0 Å². The summed E-state index contributed by atoms with van der Waals surface area (Å²) in [7, 11) is 0. The number of ether oxygens (including phenoxy) is 1. The van der Waals surface area contributed by atoms with E-state index in [9.17, 15) is 4.79 Å². The van der Waals surface area contributed by atoms with Crippen molar-refractivity contribution in [2.45, 2.75) is 18.9 Å². The van der Waals surface area contributed by atoms with E-state index in [1.54, 1.807) is 0 Å². The fraction of sp³-hybridized carbons (Fsp3) is 0.333. The Morgan fingerprint density at radius 3 is 3.30 bits per heavy atom. The highest BCUT2D eigenvalue weighted by molar-refractivity contribution is 6.08. The van der Waals surface area contributed by atoms with Crippen LogP contribution in [0.4, 0.5) is 4.79 Å². The molecule has 2 aliphatic rings. The summed E-state index contributed by atoms with van der Waals surface area (Å²) in [6.45, 7) is 4.04. The zero-order valence-electron chi connectivity index (χ0n) is 11.3. The van der Waals surface area contributed by atoms with Gasteiger partial charge in [-0.1, -0.05) is 30.9 Å². The second kappa shape index (κ2) is 6.86. The minimum atomic E-state index is -0.475. The number of amides is 1. The lowest BCUT2D eigenvalue weighted by Gasteiger charge is -2.15. The third-order valence-electron chi connectivity index (χ3n) is 3.07. The van der Waals surface area contributed by atoms with Gasteiger partial charge in [0.2, 0.25) is 0 Å². The third kappa shape index (κ3) is 3.68. The molecule has 2 rings (SSSR count). The molecule has 1 atom stereocenters. The first kappa shape index (κ1) is 14.3. The van der Waals surface area contributed by atoms with Crippen LogP contribution in [0.2, 0.25) is 0 Å². The SMILES string of the molecule is C=CCOC(=O)NC[C@@H](N)CC1=CN=C2CC=CC=C12. The number of carbonyl (C=O) groups excluding carboxylic acids is 1. The van der Waals surface area contributed by atoms with Crippen molar-refractivity contribution in [2.75, 3.05) is 13.2 Å². The van der Waals surface area contributed by atoms with Crippen LogP contribution in [0, 0.1) is 0 Å². The highest BCUT2D eigenvalue weighted by Gasteiger charge is 2.20. The van der Waals surface area contributed by atoms with E-state index in [0.717, 1.165) is 23.3 Å². The Kier molecular flexibility index (Phi) is 4.90. The number of nitrogens with one attached hydrogen (secondary N) is 1. The normalized spacial score (nSPS) is 17.6. The van der Waals surface area contributed by atoms with Crippen LogP contribution in [0.5, 0.6) is 0 Å². The molecule has 0 aromatic heterocycles. The molecule has 20 heavy (non-hydrogen) atoms. The molecule has 1 amide bonds. The molecule has 0 bridgehead atoms. The van der Waals surface area contributed by atoms with Crippen LogP contribution in [-0.4, -0.2) is 31.0 Å². The van der Waals surface area contributed by atoms with E-state index in [2.05, 4.69) is 29.0 Å². The number of carbonyl (C=O) groups is 1. The number of alkyl carbamates (subject to hydrolysis) is 1. The Hall–Kier alpha value is -2.14. The highest BCUT2D eigenvalue weighted by atomic mass is 16.5. The second-order valence-corrected chi connectivity index (χ2v) is 4.67. The van der Waals surface area contributed by atoms with Crippen molar-refractivity contribution in [1.82, 2.24) is 5.32 Å². The zero-order chi connectivity index (χ0) is 14.4. The summed E-state index contributed by atoms with van der Waals surface area (Å²) < 4.78 is 4.82. The second-order valence-electron chi connectivity index (χ2n) is 4.67. The maximum absolute atomic E-state index is 11.3.